The van der Waals surface area contributed by atoms with Gasteiger partial charge in [0, 0.05) is 34.5 Å². The number of rotatable bonds is 6. The number of benzene rings is 3. The number of aromatic nitrogens is 1. The summed E-state index contributed by atoms with van der Waals surface area (Å²) in [6.07, 6.45) is 4.03. The fourth-order valence-electron chi connectivity index (χ4n) is 3.68. The SMILES string of the molecule is COc1cc2c(Oc3ccc(NC(=O)c4ccccc4)cc3)c(C3CC3)cnc2cc1O. The zero-order chi connectivity index (χ0) is 22.1. The maximum Gasteiger partial charge on any atom is 0.255 e. The van der Waals surface area contributed by atoms with E-state index >= 15 is 0 Å². The van der Waals surface area contributed by atoms with Gasteiger partial charge < -0.3 is 19.9 Å². The minimum Gasteiger partial charge on any atom is -0.504 e. The molecule has 0 spiro atoms. The summed E-state index contributed by atoms with van der Waals surface area (Å²) >= 11 is 0. The summed E-state index contributed by atoms with van der Waals surface area (Å²) in [5.74, 6) is 2.03. The van der Waals surface area contributed by atoms with Crippen LogP contribution in [-0.4, -0.2) is 23.1 Å². The maximum atomic E-state index is 12.4. The lowest BCUT2D eigenvalue weighted by Crippen LogP contribution is -2.11. The van der Waals surface area contributed by atoms with Crippen LogP contribution < -0.4 is 14.8 Å². The molecule has 5 rings (SSSR count). The molecule has 4 aromatic rings. The van der Waals surface area contributed by atoms with Gasteiger partial charge in [-0.05, 0) is 61.2 Å². The first-order valence-corrected chi connectivity index (χ1v) is 10.5. The van der Waals surface area contributed by atoms with Crippen LogP contribution in [0.4, 0.5) is 5.69 Å². The normalized spacial score (nSPS) is 13.0. The van der Waals surface area contributed by atoms with Crippen molar-refractivity contribution in [2.24, 2.45) is 0 Å². The number of amides is 1. The third-order valence-electron chi connectivity index (χ3n) is 5.53. The van der Waals surface area contributed by atoms with E-state index in [-0.39, 0.29) is 11.7 Å². The molecule has 1 fully saturated rings. The number of pyridine rings is 1. The number of anilines is 1. The molecular weight excluding hydrogens is 404 g/mol. The average molecular weight is 426 g/mol. The number of nitrogens with zero attached hydrogens (tertiary/aromatic N) is 1. The van der Waals surface area contributed by atoms with E-state index < -0.39 is 0 Å². The number of methoxy groups -OCH3 is 1. The Hall–Kier alpha value is -4.06. The summed E-state index contributed by atoms with van der Waals surface area (Å²) in [4.78, 5) is 16.9. The number of aromatic hydroxyl groups is 1. The van der Waals surface area contributed by atoms with E-state index in [0.29, 0.717) is 34.2 Å². The Labute approximate surface area is 185 Å². The fourth-order valence-corrected chi connectivity index (χ4v) is 3.68. The maximum absolute atomic E-state index is 12.4. The average Bonchev–Trinajstić information content (AvgIpc) is 3.66. The highest BCUT2D eigenvalue weighted by Crippen LogP contribution is 2.48. The van der Waals surface area contributed by atoms with Gasteiger partial charge in [0.1, 0.15) is 11.5 Å². The number of carbonyl (C=O) groups excluding carboxylic acids is 1. The van der Waals surface area contributed by atoms with Crippen molar-refractivity contribution in [3.63, 3.8) is 0 Å². The van der Waals surface area contributed by atoms with E-state index in [1.54, 1.807) is 24.3 Å². The zero-order valence-electron chi connectivity index (χ0n) is 17.5. The Kier molecular flexibility index (Phi) is 5.11. The van der Waals surface area contributed by atoms with Crippen LogP contribution in [-0.2, 0) is 0 Å². The molecule has 0 saturated heterocycles. The number of phenolic OH excluding ortho intramolecular Hbond substituents is 1. The second-order valence-corrected chi connectivity index (χ2v) is 7.80. The topological polar surface area (TPSA) is 80.7 Å². The first-order valence-electron chi connectivity index (χ1n) is 10.5. The van der Waals surface area contributed by atoms with Crippen LogP contribution in [0.3, 0.4) is 0 Å². The first kappa shape index (κ1) is 19.9. The first-order chi connectivity index (χ1) is 15.6. The van der Waals surface area contributed by atoms with Crippen molar-refractivity contribution in [3.8, 4) is 23.0 Å². The predicted molar refractivity (Wildman–Crippen MR) is 123 cm³/mol. The zero-order valence-corrected chi connectivity index (χ0v) is 17.5. The minimum atomic E-state index is -0.165. The van der Waals surface area contributed by atoms with Crippen LogP contribution in [0.5, 0.6) is 23.0 Å². The van der Waals surface area contributed by atoms with Crippen molar-refractivity contribution in [1.29, 1.82) is 0 Å². The van der Waals surface area contributed by atoms with Crippen molar-refractivity contribution in [1.82, 2.24) is 4.98 Å². The molecule has 3 aromatic carbocycles. The van der Waals surface area contributed by atoms with Gasteiger partial charge in [0.2, 0.25) is 0 Å². The van der Waals surface area contributed by atoms with Crippen LogP contribution >= 0.6 is 0 Å². The number of phenols is 1. The Morgan fingerprint density at radius 3 is 2.50 bits per heavy atom. The van der Waals surface area contributed by atoms with Crippen molar-refractivity contribution in [3.05, 3.63) is 84.1 Å². The Morgan fingerprint density at radius 1 is 1.06 bits per heavy atom. The van der Waals surface area contributed by atoms with E-state index in [1.165, 1.54) is 7.11 Å². The van der Waals surface area contributed by atoms with Gasteiger partial charge in [0.05, 0.1) is 12.6 Å². The molecule has 1 aromatic heterocycles. The standard InChI is InChI=1S/C26H22N2O4/c1-31-24-13-20-22(14-23(24)29)27-15-21(16-7-8-16)25(20)32-19-11-9-18(10-12-19)28-26(30)17-5-3-2-4-6-17/h2-6,9-16,29H,7-8H2,1H3,(H,28,30). The van der Waals surface area contributed by atoms with Gasteiger partial charge in [-0.3, -0.25) is 9.78 Å². The molecule has 0 unspecified atom stereocenters. The summed E-state index contributed by atoms with van der Waals surface area (Å²) in [5, 5.41) is 13.8. The van der Waals surface area contributed by atoms with Crippen LogP contribution in [0, 0.1) is 0 Å². The molecule has 32 heavy (non-hydrogen) atoms. The van der Waals surface area contributed by atoms with Gasteiger partial charge in [0.25, 0.3) is 5.91 Å². The predicted octanol–water partition coefficient (Wildman–Crippen LogP) is 5.87. The molecule has 0 atom stereocenters. The van der Waals surface area contributed by atoms with Crippen LogP contribution in [0.25, 0.3) is 10.9 Å². The summed E-state index contributed by atoms with van der Waals surface area (Å²) < 4.78 is 11.6. The molecule has 6 nitrogen and oxygen atoms in total. The number of nitrogens with one attached hydrogen (secondary N) is 1. The van der Waals surface area contributed by atoms with Gasteiger partial charge in [-0.25, -0.2) is 0 Å². The van der Waals surface area contributed by atoms with Crippen molar-refractivity contribution in [2.75, 3.05) is 12.4 Å². The highest BCUT2D eigenvalue weighted by molar-refractivity contribution is 6.04. The van der Waals surface area contributed by atoms with Crippen molar-refractivity contribution >= 4 is 22.5 Å². The van der Waals surface area contributed by atoms with Gasteiger partial charge in [-0.1, -0.05) is 18.2 Å². The Morgan fingerprint density at radius 2 is 1.81 bits per heavy atom. The molecule has 1 heterocycles. The molecule has 0 radical (unpaired) electrons. The summed E-state index contributed by atoms with van der Waals surface area (Å²) in [6, 6.07) is 19.7. The number of carbonyl (C=O) groups is 1. The van der Waals surface area contributed by atoms with Gasteiger partial charge in [-0.2, -0.15) is 0 Å². The summed E-state index contributed by atoms with van der Waals surface area (Å²) in [7, 11) is 1.52. The lowest BCUT2D eigenvalue weighted by Gasteiger charge is -2.15. The van der Waals surface area contributed by atoms with Gasteiger partial charge >= 0.3 is 0 Å². The number of fused-ring (bicyclic) bond motifs is 1. The lowest BCUT2D eigenvalue weighted by atomic mass is 10.1. The smallest absolute Gasteiger partial charge is 0.255 e. The second kappa shape index (κ2) is 8.23. The number of ether oxygens (including phenoxy) is 2. The van der Waals surface area contributed by atoms with Crippen LogP contribution in [0.1, 0.15) is 34.7 Å². The van der Waals surface area contributed by atoms with Gasteiger partial charge in [0.15, 0.2) is 11.5 Å². The molecule has 0 bridgehead atoms. The number of hydrogen-bond acceptors (Lipinski definition) is 5. The molecule has 1 aliphatic carbocycles. The van der Waals surface area contributed by atoms with Crippen LogP contribution in [0.2, 0.25) is 0 Å². The molecular formula is C26H22N2O4. The molecule has 160 valence electrons. The van der Waals surface area contributed by atoms with E-state index in [2.05, 4.69) is 10.3 Å². The molecule has 2 N–H and O–H groups in total. The molecule has 6 heteroatoms. The van der Waals surface area contributed by atoms with Crippen molar-refractivity contribution < 1.29 is 19.4 Å². The van der Waals surface area contributed by atoms with E-state index in [4.69, 9.17) is 9.47 Å². The monoisotopic (exact) mass is 426 g/mol. The highest BCUT2D eigenvalue weighted by Gasteiger charge is 2.29. The fraction of sp³-hybridized carbons (Fsp3) is 0.154. The van der Waals surface area contributed by atoms with E-state index in [1.807, 2.05) is 48.7 Å². The lowest BCUT2D eigenvalue weighted by molar-refractivity contribution is 0.102. The highest BCUT2D eigenvalue weighted by atomic mass is 16.5. The third kappa shape index (κ3) is 3.95. The second-order valence-electron chi connectivity index (χ2n) is 7.80. The number of hydrogen-bond donors (Lipinski definition) is 2. The molecule has 0 aliphatic heterocycles. The molecule has 1 amide bonds. The Bertz CT molecular complexity index is 1280. The molecule has 1 saturated carbocycles. The quantitative estimate of drug-likeness (QED) is 0.403. The summed E-state index contributed by atoms with van der Waals surface area (Å²) in [5.41, 5.74) is 2.96. The van der Waals surface area contributed by atoms with E-state index in [0.717, 1.165) is 29.5 Å². The molecule has 1 aliphatic rings. The van der Waals surface area contributed by atoms with E-state index in [9.17, 15) is 9.90 Å². The van der Waals surface area contributed by atoms with Gasteiger partial charge in [-0.15, -0.1) is 0 Å². The largest absolute Gasteiger partial charge is 0.504 e. The third-order valence-corrected chi connectivity index (χ3v) is 5.53. The van der Waals surface area contributed by atoms with Crippen LogP contribution in [0.15, 0.2) is 72.9 Å². The Balaban J connectivity index is 1.44. The van der Waals surface area contributed by atoms with Crippen molar-refractivity contribution in [2.45, 2.75) is 18.8 Å². The minimum absolute atomic E-state index is 0.0381. The summed E-state index contributed by atoms with van der Waals surface area (Å²) in [6.45, 7) is 0.